The quantitative estimate of drug-likeness (QED) is 0.640. The van der Waals surface area contributed by atoms with Crippen LogP contribution in [0, 0.1) is 5.92 Å². The van der Waals surface area contributed by atoms with Crippen LogP contribution in [0.2, 0.25) is 0 Å². The highest BCUT2D eigenvalue weighted by molar-refractivity contribution is 7.91. The minimum atomic E-state index is -2.98. The molecule has 1 aliphatic rings. The Morgan fingerprint density at radius 2 is 1.95 bits per heavy atom. The molecule has 0 aromatic heterocycles. The summed E-state index contributed by atoms with van der Waals surface area (Å²) in [5, 5.41) is -0.245. The van der Waals surface area contributed by atoms with E-state index in [9.17, 15) is 8.42 Å². The van der Waals surface area contributed by atoms with E-state index in [4.69, 9.17) is 10.6 Å². The van der Waals surface area contributed by atoms with Gasteiger partial charge in [0.1, 0.15) is 15.6 Å². The summed E-state index contributed by atoms with van der Waals surface area (Å²) in [6.45, 7) is 0. The minimum Gasteiger partial charge on any atom is -0.497 e. The number of nitrogens with one attached hydrogen (secondary N) is 1. The van der Waals surface area contributed by atoms with E-state index in [2.05, 4.69) is 5.43 Å². The summed E-state index contributed by atoms with van der Waals surface area (Å²) >= 11 is 0. The summed E-state index contributed by atoms with van der Waals surface area (Å²) in [4.78, 5) is 0. The Morgan fingerprint density at radius 3 is 2.48 bits per heavy atom. The third kappa shape index (κ3) is 3.96. The Labute approximate surface area is 126 Å². The van der Waals surface area contributed by atoms with Gasteiger partial charge in [-0.15, -0.1) is 0 Å². The van der Waals surface area contributed by atoms with Crippen LogP contribution in [0.15, 0.2) is 24.3 Å². The molecule has 1 fully saturated rings. The zero-order chi connectivity index (χ0) is 15.5. The number of benzene rings is 1. The average Bonchev–Trinajstić information content (AvgIpc) is 2.48. The van der Waals surface area contributed by atoms with Gasteiger partial charge in [0.25, 0.3) is 0 Å². The lowest BCUT2D eigenvalue weighted by Crippen LogP contribution is -2.38. The van der Waals surface area contributed by atoms with Crippen molar-refractivity contribution in [2.75, 3.05) is 13.4 Å². The summed E-state index contributed by atoms with van der Waals surface area (Å²) < 4.78 is 28.7. The van der Waals surface area contributed by atoms with Crippen molar-refractivity contribution in [1.82, 2.24) is 5.43 Å². The van der Waals surface area contributed by atoms with E-state index in [1.54, 1.807) is 7.11 Å². The van der Waals surface area contributed by atoms with Crippen LogP contribution < -0.4 is 16.0 Å². The zero-order valence-electron chi connectivity index (χ0n) is 12.6. The molecule has 2 rings (SSSR count). The maximum atomic E-state index is 11.8. The highest BCUT2D eigenvalue weighted by Gasteiger charge is 2.33. The summed E-state index contributed by atoms with van der Waals surface area (Å²) in [5.41, 5.74) is 3.93. The van der Waals surface area contributed by atoms with E-state index >= 15 is 0 Å². The fourth-order valence-electron chi connectivity index (χ4n) is 3.19. The molecule has 1 aromatic rings. The molecule has 3 atom stereocenters. The Kier molecular flexibility index (Phi) is 5.24. The van der Waals surface area contributed by atoms with Crippen molar-refractivity contribution in [2.45, 2.75) is 37.0 Å². The van der Waals surface area contributed by atoms with E-state index in [1.807, 2.05) is 24.3 Å². The molecule has 0 amide bonds. The Morgan fingerprint density at radius 1 is 1.29 bits per heavy atom. The van der Waals surface area contributed by atoms with Gasteiger partial charge in [-0.2, -0.15) is 0 Å². The van der Waals surface area contributed by atoms with Crippen LogP contribution in [0.1, 0.15) is 37.3 Å². The molecule has 1 aromatic carbocycles. The number of hydrogen-bond acceptors (Lipinski definition) is 5. The van der Waals surface area contributed by atoms with Crippen LogP contribution in [-0.2, 0) is 9.84 Å². The van der Waals surface area contributed by atoms with Gasteiger partial charge < -0.3 is 4.74 Å². The molecule has 6 heteroatoms. The fraction of sp³-hybridized carbons (Fsp3) is 0.600. The molecule has 0 spiro atoms. The molecular formula is C15H24N2O3S. The summed E-state index contributed by atoms with van der Waals surface area (Å²) in [7, 11) is -1.35. The third-order valence-electron chi connectivity index (χ3n) is 4.40. The second kappa shape index (κ2) is 6.77. The van der Waals surface area contributed by atoms with E-state index in [0.29, 0.717) is 6.42 Å². The Balaban J connectivity index is 2.16. The van der Waals surface area contributed by atoms with Crippen molar-refractivity contribution in [1.29, 1.82) is 0 Å². The van der Waals surface area contributed by atoms with Crippen LogP contribution in [-0.4, -0.2) is 27.0 Å². The first-order chi connectivity index (χ1) is 9.95. The number of sulfone groups is 1. The lowest BCUT2D eigenvalue weighted by Gasteiger charge is -2.33. The van der Waals surface area contributed by atoms with Crippen LogP contribution in [0.3, 0.4) is 0 Å². The van der Waals surface area contributed by atoms with Gasteiger partial charge >= 0.3 is 0 Å². The van der Waals surface area contributed by atoms with Crippen molar-refractivity contribution in [2.24, 2.45) is 11.8 Å². The lowest BCUT2D eigenvalue weighted by molar-refractivity contribution is 0.274. The highest BCUT2D eigenvalue weighted by Crippen LogP contribution is 2.36. The van der Waals surface area contributed by atoms with Gasteiger partial charge in [0.15, 0.2) is 0 Å². The number of nitrogens with two attached hydrogens (primary N) is 1. The maximum Gasteiger partial charge on any atom is 0.150 e. The molecule has 5 nitrogen and oxygen atoms in total. The molecule has 0 bridgehead atoms. The van der Waals surface area contributed by atoms with Crippen molar-refractivity contribution >= 4 is 9.84 Å². The number of methoxy groups -OCH3 is 1. The normalized spacial score (nSPS) is 24.5. The number of hydrogen-bond donors (Lipinski definition) is 2. The monoisotopic (exact) mass is 312 g/mol. The molecule has 0 heterocycles. The topological polar surface area (TPSA) is 81.4 Å². The molecule has 0 radical (unpaired) electrons. The average molecular weight is 312 g/mol. The van der Waals surface area contributed by atoms with Crippen LogP contribution in [0.5, 0.6) is 5.75 Å². The number of rotatable bonds is 5. The fourth-order valence-corrected chi connectivity index (χ4v) is 4.38. The molecule has 118 valence electrons. The SMILES string of the molecule is COc1ccc(C(NN)C2CCCC(S(C)(=O)=O)C2)cc1. The van der Waals surface area contributed by atoms with E-state index < -0.39 is 9.84 Å². The largest absolute Gasteiger partial charge is 0.497 e. The van der Waals surface area contributed by atoms with Gasteiger partial charge in [0, 0.05) is 12.3 Å². The standard InChI is InChI=1S/C15H24N2O3S/c1-20-13-8-6-11(7-9-13)15(17-16)12-4-3-5-14(10-12)21(2,18)19/h6-9,12,14-15,17H,3-5,10,16H2,1-2H3. The van der Waals surface area contributed by atoms with Gasteiger partial charge in [0.2, 0.25) is 0 Å². The summed E-state index contributed by atoms with van der Waals surface area (Å²) in [6.07, 6.45) is 4.68. The van der Waals surface area contributed by atoms with Crippen LogP contribution >= 0.6 is 0 Å². The van der Waals surface area contributed by atoms with Crippen molar-refractivity contribution in [3.8, 4) is 5.75 Å². The zero-order valence-corrected chi connectivity index (χ0v) is 13.4. The van der Waals surface area contributed by atoms with E-state index in [-0.39, 0.29) is 17.2 Å². The van der Waals surface area contributed by atoms with E-state index in [0.717, 1.165) is 30.6 Å². The first-order valence-corrected chi connectivity index (χ1v) is 9.20. The Bertz CT molecular complexity index is 557. The van der Waals surface area contributed by atoms with Crippen molar-refractivity contribution < 1.29 is 13.2 Å². The van der Waals surface area contributed by atoms with Gasteiger partial charge in [-0.05, 0) is 42.9 Å². The van der Waals surface area contributed by atoms with Gasteiger partial charge in [-0.25, -0.2) is 8.42 Å². The Hall–Kier alpha value is -1.11. The second-order valence-electron chi connectivity index (χ2n) is 5.80. The smallest absolute Gasteiger partial charge is 0.150 e. The predicted octanol–water partition coefficient (Wildman–Crippen LogP) is 1.80. The highest BCUT2D eigenvalue weighted by atomic mass is 32.2. The molecule has 21 heavy (non-hydrogen) atoms. The summed E-state index contributed by atoms with van der Waals surface area (Å²) in [6, 6.07) is 7.73. The first kappa shape index (κ1) is 16.3. The van der Waals surface area contributed by atoms with Crippen LogP contribution in [0.25, 0.3) is 0 Å². The molecule has 3 N–H and O–H groups in total. The predicted molar refractivity (Wildman–Crippen MR) is 83.6 cm³/mol. The van der Waals surface area contributed by atoms with Gasteiger partial charge in [-0.1, -0.05) is 18.6 Å². The maximum absolute atomic E-state index is 11.8. The third-order valence-corrected chi connectivity index (χ3v) is 6.04. The van der Waals surface area contributed by atoms with Gasteiger partial charge in [-0.3, -0.25) is 11.3 Å². The number of hydrazine groups is 1. The first-order valence-electron chi connectivity index (χ1n) is 7.24. The molecular weight excluding hydrogens is 288 g/mol. The molecule has 0 aliphatic heterocycles. The van der Waals surface area contributed by atoms with Crippen molar-refractivity contribution in [3.05, 3.63) is 29.8 Å². The van der Waals surface area contributed by atoms with E-state index in [1.165, 1.54) is 6.26 Å². The molecule has 3 unspecified atom stereocenters. The molecule has 0 saturated heterocycles. The lowest BCUT2D eigenvalue weighted by atomic mass is 9.81. The van der Waals surface area contributed by atoms with Gasteiger partial charge in [0.05, 0.1) is 12.4 Å². The summed E-state index contributed by atoms with van der Waals surface area (Å²) in [5.74, 6) is 6.76. The molecule has 1 aliphatic carbocycles. The molecule has 1 saturated carbocycles. The van der Waals surface area contributed by atoms with Crippen molar-refractivity contribution in [3.63, 3.8) is 0 Å². The van der Waals surface area contributed by atoms with Crippen LogP contribution in [0.4, 0.5) is 0 Å². The minimum absolute atomic E-state index is 0.0274. The second-order valence-corrected chi connectivity index (χ2v) is 8.12. The number of ether oxygens (including phenoxy) is 1.